The topological polar surface area (TPSA) is 76.7 Å². The third-order valence-electron chi connectivity index (χ3n) is 6.42. The van der Waals surface area contributed by atoms with Gasteiger partial charge in [0.2, 0.25) is 0 Å². The first-order valence-electron chi connectivity index (χ1n) is 12.2. The van der Waals surface area contributed by atoms with Gasteiger partial charge in [-0.1, -0.05) is 0 Å². The molecule has 0 aliphatic carbocycles. The number of benzene rings is 3. The largest absolute Gasteiger partial charge is 0.372 e. The van der Waals surface area contributed by atoms with Gasteiger partial charge in [-0.3, -0.25) is 14.9 Å². The first-order chi connectivity index (χ1) is 17.0. The Kier molecular flexibility index (Phi) is 10.6. The fourth-order valence-corrected chi connectivity index (χ4v) is 4.42. The van der Waals surface area contributed by atoms with Crippen molar-refractivity contribution in [3.05, 3.63) is 71.8 Å². The van der Waals surface area contributed by atoms with Crippen LogP contribution in [-0.4, -0.2) is 38.0 Å². The zero-order chi connectivity index (χ0) is 24.9. The van der Waals surface area contributed by atoms with Gasteiger partial charge in [0.05, 0.1) is 22.5 Å². The smallest absolute Gasteiger partial charge is 0.259 e. The Bertz CT molecular complexity index is 1110. The van der Waals surface area contributed by atoms with Crippen molar-refractivity contribution in [3.8, 4) is 0 Å². The molecule has 1 heterocycles. The van der Waals surface area contributed by atoms with Crippen molar-refractivity contribution >= 4 is 70.8 Å². The Labute approximate surface area is 231 Å². The van der Waals surface area contributed by atoms with Crippen molar-refractivity contribution in [1.29, 1.82) is 0 Å². The van der Waals surface area contributed by atoms with E-state index in [9.17, 15) is 9.59 Å². The fraction of sp³-hybridized carbons (Fsp3) is 0.286. The highest BCUT2D eigenvalue weighted by molar-refractivity contribution is 6.22. The second-order valence-electron chi connectivity index (χ2n) is 8.41. The minimum Gasteiger partial charge on any atom is -0.372 e. The van der Waals surface area contributed by atoms with E-state index >= 15 is 0 Å². The molecular formula is C28H35Cl2N5O2. The first-order valence-corrected chi connectivity index (χ1v) is 12.2. The molecule has 0 aromatic heterocycles. The van der Waals surface area contributed by atoms with Gasteiger partial charge in [0, 0.05) is 48.9 Å². The molecule has 198 valence electrons. The highest BCUT2D eigenvalue weighted by atomic mass is 35.5. The lowest BCUT2D eigenvalue weighted by Crippen LogP contribution is -2.21. The molecule has 0 bridgehead atoms. The summed E-state index contributed by atoms with van der Waals surface area (Å²) in [6, 6.07) is 19.9. The molecule has 1 aliphatic rings. The maximum absolute atomic E-state index is 12.3. The maximum Gasteiger partial charge on any atom is 0.259 e. The zero-order valence-electron chi connectivity index (χ0n) is 21.6. The lowest BCUT2D eigenvalue weighted by Gasteiger charge is -2.22. The Hall–Kier alpha value is -3.42. The number of carbonyl (C=O) groups is 2. The van der Waals surface area contributed by atoms with Crippen LogP contribution in [0, 0.1) is 0 Å². The molecule has 3 aromatic carbocycles. The van der Waals surface area contributed by atoms with Crippen LogP contribution in [0.3, 0.4) is 0 Å². The maximum atomic E-state index is 12.3. The van der Waals surface area contributed by atoms with Crippen LogP contribution in [-0.2, 0) is 0 Å². The van der Waals surface area contributed by atoms with Crippen molar-refractivity contribution in [2.24, 2.45) is 0 Å². The molecule has 9 heteroatoms. The normalized spacial score (nSPS) is 11.6. The molecule has 0 saturated carbocycles. The molecule has 0 atom stereocenters. The molecule has 7 nitrogen and oxygen atoms in total. The molecule has 37 heavy (non-hydrogen) atoms. The summed E-state index contributed by atoms with van der Waals surface area (Å²) in [6.07, 6.45) is 0. The van der Waals surface area contributed by atoms with Gasteiger partial charge >= 0.3 is 0 Å². The minimum atomic E-state index is -0.375. The predicted octanol–water partition coefficient (Wildman–Crippen LogP) is 6.59. The van der Waals surface area contributed by atoms with Gasteiger partial charge in [-0.2, -0.15) is 0 Å². The number of imide groups is 1. The molecular weight excluding hydrogens is 509 g/mol. The van der Waals surface area contributed by atoms with Crippen molar-refractivity contribution in [1.82, 2.24) is 5.32 Å². The summed E-state index contributed by atoms with van der Waals surface area (Å²) in [5.41, 5.74) is 6.29. The molecule has 0 fully saturated rings. The summed E-state index contributed by atoms with van der Waals surface area (Å²) in [5, 5.41) is 9.24. The van der Waals surface area contributed by atoms with Crippen LogP contribution in [0.15, 0.2) is 60.7 Å². The van der Waals surface area contributed by atoms with Gasteiger partial charge in [-0.15, -0.1) is 24.8 Å². The third kappa shape index (κ3) is 6.48. The van der Waals surface area contributed by atoms with Crippen LogP contribution in [0.4, 0.5) is 34.1 Å². The van der Waals surface area contributed by atoms with Crippen molar-refractivity contribution in [3.63, 3.8) is 0 Å². The lowest BCUT2D eigenvalue weighted by atomic mass is 10.1. The molecule has 0 unspecified atom stereocenters. The Morgan fingerprint density at radius 2 is 0.919 bits per heavy atom. The van der Waals surface area contributed by atoms with Crippen molar-refractivity contribution in [2.75, 3.05) is 46.6 Å². The number of hydrogen-bond donors (Lipinski definition) is 3. The third-order valence-corrected chi connectivity index (χ3v) is 6.42. The van der Waals surface area contributed by atoms with Crippen LogP contribution in [0.2, 0.25) is 0 Å². The van der Waals surface area contributed by atoms with Crippen LogP contribution in [0.5, 0.6) is 0 Å². The van der Waals surface area contributed by atoms with Gasteiger partial charge in [-0.25, -0.2) is 0 Å². The average Bonchev–Trinajstić information content (AvgIpc) is 3.15. The Morgan fingerprint density at radius 3 is 1.22 bits per heavy atom. The van der Waals surface area contributed by atoms with Gasteiger partial charge in [-0.05, 0) is 88.4 Å². The highest BCUT2D eigenvalue weighted by Gasteiger charge is 2.28. The molecule has 4 rings (SSSR count). The summed E-state index contributed by atoms with van der Waals surface area (Å²) in [6.45, 7) is 12.3. The van der Waals surface area contributed by atoms with E-state index in [0.29, 0.717) is 11.1 Å². The number of nitrogens with one attached hydrogen (secondary N) is 3. The van der Waals surface area contributed by atoms with E-state index in [0.717, 1.165) is 60.3 Å². The lowest BCUT2D eigenvalue weighted by molar-refractivity contribution is 0.0879. The quantitative estimate of drug-likeness (QED) is 0.250. The SMILES string of the molecule is CCN(CC)c1ccc(Nc2cc3c(cc2Nc2ccc(N(CC)CC)cc2)C(=O)NC3=O)cc1.Cl.Cl. The van der Waals surface area contributed by atoms with E-state index in [1.54, 1.807) is 12.1 Å². The molecule has 3 aromatic rings. The van der Waals surface area contributed by atoms with Crippen molar-refractivity contribution < 1.29 is 9.59 Å². The molecule has 1 aliphatic heterocycles. The Balaban J connectivity index is 0.00000241. The zero-order valence-corrected chi connectivity index (χ0v) is 23.3. The summed E-state index contributed by atoms with van der Waals surface area (Å²) in [5.74, 6) is -0.750. The van der Waals surface area contributed by atoms with Gasteiger partial charge in [0.1, 0.15) is 0 Å². The van der Waals surface area contributed by atoms with Crippen LogP contribution in [0.1, 0.15) is 48.4 Å². The first kappa shape index (κ1) is 29.8. The van der Waals surface area contributed by atoms with Gasteiger partial charge in [0.15, 0.2) is 0 Å². The fourth-order valence-electron chi connectivity index (χ4n) is 4.42. The van der Waals surface area contributed by atoms with E-state index < -0.39 is 0 Å². The number of rotatable bonds is 10. The molecule has 2 amide bonds. The second kappa shape index (κ2) is 13.2. The van der Waals surface area contributed by atoms with Gasteiger partial charge < -0.3 is 20.4 Å². The average molecular weight is 545 g/mol. The van der Waals surface area contributed by atoms with Crippen molar-refractivity contribution in [2.45, 2.75) is 27.7 Å². The highest BCUT2D eigenvalue weighted by Crippen LogP contribution is 2.34. The molecule has 0 radical (unpaired) electrons. The second-order valence-corrected chi connectivity index (χ2v) is 8.41. The molecule has 0 saturated heterocycles. The number of amides is 2. The summed E-state index contributed by atoms with van der Waals surface area (Å²) >= 11 is 0. The van der Waals surface area contributed by atoms with E-state index in [-0.39, 0.29) is 36.6 Å². The minimum absolute atomic E-state index is 0. The van der Waals surface area contributed by atoms with Crippen LogP contribution >= 0.6 is 24.8 Å². The molecule has 0 spiro atoms. The monoisotopic (exact) mass is 543 g/mol. The van der Waals surface area contributed by atoms with E-state index in [2.05, 4.69) is 77.7 Å². The number of anilines is 6. The number of hydrogen-bond acceptors (Lipinski definition) is 6. The summed E-state index contributed by atoms with van der Waals surface area (Å²) < 4.78 is 0. The molecule has 3 N–H and O–H groups in total. The summed E-state index contributed by atoms with van der Waals surface area (Å²) in [7, 11) is 0. The van der Waals surface area contributed by atoms with Crippen LogP contribution < -0.4 is 25.8 Å². The number of carbonyl (C=O) groups excluding carboxylic acids is 2. The standard InChI is InChI=1S/C28H33N5O2.2ClH/c1-5-32(6-2)21-13-9-19(10-14-21)29-25-17-23-24(28(35)31-27(23)34)18-26(25)30-20-11-15-22(16-12-20)33(7-3)8-4;;/h9-18,29-30H,5-8H2,1-4H3,(H,31,34,35);2*1H. The Morgan fingerprint density at radius 1 is 0.595 bits per heavy atom. The van der Waals surface area contributed by atoms with Crippen LogP contribution in [0.25, 0.3) is 0 Å². The summed E-state index contributed by atoms with van der Waals surface area (Å²) in [4.78, 5) is 29.2. The van der Waals surface area contributed by atoms with E-state index in [1.807, 2.05) is 24.3 Å². The van der Waals surface area contributed by atoms with E-state index in [4.69, 9.17) is 0 Å². The van der Waals surface area contributed by atoms with E-state index in [1.165, 1.54) is 0 Å². The number of nitrogens with zero attached hydrogens (tertiary/aromatic N) is 2. The number of halogens is 2. The number of fused-ring (bicyclic) bond motifs is 1. The predicted molar refractivity (Wildman–Crippen MR) is 159 cm³/mol. The van der Waals surface area contributed by atoms with Gasteiger partial charge in [0.25, 0.3) is 11.8 Å².